The minimum atomic E-state index is -3.60. The second-order valence-corrected chi connectivity index (χ2v) is 8.26. The first-order chi connectivity index (χ1) is 12.8. The maximum atomic E-state index is 13.1. The average molecular weight is 387 g/mol. The van der Waals surface area contributed by atoms with Crippen LogP contribution >= 0.6 is 0 Å². The number of amides is 2. The largest absolute Gasteiger partial charge is 0.476 e. The molecular formula is C18H17N3O5S. The molecule has 8 nitrogen and oxygen atoms in total. The normalized spacial score (nSPS) is 18.9. The molecule has 0 saturated carbocycles. The zero-order valence-electron chi connectivity index (χ0n) is 14.5. The molecule has 9 heteroatoms. The molecule has 0 spiro atoms. The first-order valence-corrected chi connectivity index (χ1v) is 10.1. The van der Waals surface area contributed by atoms with Crippen LogP contribution in [0.3, 0.4) is 0 Å². The van der Waals surface area contributed by atoms with Gasteiger partial charge in [0.25, 0.3) is 5.91 Å². The summed E-state index contributed by atoms with van der Waals surface area (Å²) in [7, 11) is -3.60. The van der Waals surface area contributed by atoms with Crippen LogP contribution < -0.4 is 19.3 Å². The number of sulfonamides is 1. The number of nitrogens with one attached hydrogen (secondary N) is 1. The monoisotopic (exact) mass is 387 g/mol. The minimum absolute atomic E-state index is 0.157. The van der Waals surface area contributed by atoms with E-state index in [0.717, 1.165) is 10.6 Å². The highest BCUT2D eigenvalue weighted by atomic mass is 32.2. The highest BCUT2D eigenvalue weighted by Crippen LogP contribution is 2.36. The number of fused-ring (bicyclic) bond motifs is 2. The molecule has 1 N–H and O–H groups in total. The maximum Gasteiger partial charge on any atom is 0.270 e. The molecule has 0 fully saturated rings. The van der Waals surface area contributed by atoms with E-state index in [0.29, 0.717) is 22.8 Å². The fourth-order valence-corrected chi connectivity index (χ4v) is 4.16. The molecule has 4 rings (SSSR count). The van der Waals surface area contributed by atoms with Gasteiger partial charge in [-0.2, -0.15) is 0 Å². The van der Waals surface area contributed by atoms with Gasteiger partial charge in [-0.3, -0.25) is 18.8 Å². The zero-order valence-corrected chi connectivity index (χ0v) is 15.3. The van der Waals surface area contributed by atoms with Gasteiger partial charge >= 0.3 is 0 Å². The zero-order chi connectivity index (χ0) is 19.2. The van der Waals surface area contributed by atoms with Gasteiger partial charge in [-0.05, 0) is 24.3 Å². The van der Waals surface area contributed by atoms with Crippen LogP contribution in [0.1, 0.15) is 0 Å². The molecule has 0 aliphatic carbocycles. The lowest BCUT2D eigenvalue weighted by Crippen LogP contribution is -2.54. The first kappa shape index (κ1) is 17.3. The van der Waals surface area contributed by atoms with Crippen molar-refractivity contribution in [1.82, 2.24) is 0 Å². The average Bonchev–Trinajstić information content (AvgIpc) is 2.65. The van der Waals surface area contributed by atoms with Gasteiger partial charge < -0.3 is 10.1 Å². The van der Waals surface area contributed by atoms with Crippen LogP contribution in [0.15, 0.2) is 48.5 Å². The van der Waals surface area contributed by atoms with Gasteiger partial charge in [-0.1, -0.05) is 24.3 Å². The van der Waals surface area contributed by atoms with Gasteiger partial charge in [0, 0.05) is 0 Å². The predicted octanol–water partition coefficient (Wildman–Crippen LogP) is 1.20. The third kappa shape index (κ3) is 3.10. The quantitative estimate of drug-likeness (QED) is 0.835. The number of hydrogen-bond donors (Lipinski definition) is 1. The number of carbonyl (C=O) groups excluding carboxylic acids is 2. The summed E-state index contributed by atoms with van der Waals surface area (Å²) < 4.78 is 31.4. The Bertz CT molecular complexity index is 1040. The van der Waals surface area contributed by atoms with Crippen LogP contribution in [0, 0.1) is 0 Å². The van der Waals surface area contributed by atoms with Crippen LogP contribution in [-0.2, 0) is 19.6 Å². The van der Waals surface area contributed by atoms with Crippen molar-refractivity contribution in [2.45, 2.75) is 6.10 Å². The Kier molecular flexibility index (Phi) is 4.03. The second kappa shape index (κ2) is 6.27. The van der Waals surface area contributed by atoms with E-state index in [9.17, 15) is 18.0 Å². The summed E-state index contributed by atoms with van der Waals surface area (Å²) in [5, 5.41) is 2.72. The minimum Gasteiger partial charge on any atom is -0.476 e. The first-order valence-electron chi connectivity index (χ1n) is 8.28. The molecule has 0 saturated heterocycles. The fraction of sp³-hybridized carbons (Fsp3) is 0.222. The molecular weight excluding hydrogens is 370 g/mol. The lowest BCUT2D eigenvalue weighted by Gasteiger charge is -2.37. The molecule has 2 aromatic rings. The number of para-hydroxylation sites is 4. The lowest BCUT2D eigenvalue weighted by atomic mass is 10.1. The molecule has 2 amide bonds. The topological polar surface area (TPSA) is 96.0 Å². The van der Waals surface area contributed by atoms with Gasteiger partial charge in [0.1, 0.15) is 12.3 Å². The van der Waals surface area contributed by atoms with Crippen LogP contribution in [-0.4, -0.2) is 45.7 Å². The van der Waals surface area contributed by atoms with Crippen LogP contribution in [0.2, 0.25) is 0 Å². The molecule has 2 heterocycles. The molecule has 0 bridgehead atoms. The number of carbonyl (C=O) groups is 2. The van der Waals surface area contributed by atoms with Crippen LogP contribution in [0.4, 0.5) is 17.1 Å². The Hall–Kier alpha value is -3.07. The Morgan fingerprint density at radius 1 is 1.11 bits per heavy atom. The van der Waals surface area contributed by atoms with E-state index in [1.54, 1.807) is 48.5 Å². The molecule has 27 heavy (non-hydrogen) atoms. The third-order valence-corrected chi connectivity index (χ3v) is 5.59. The fourth-order valence-electron chi connectivity index (χ4n) is 3.25. The van der Waals surface area contributed by atoms with Crippen molar-refractivity contribution >= 4 is 38.9 Å². The van der Waals surface area contributed by atoms with Crippen molar-refractivity contribution < 1.29 is 22.7 Å². The number of benzene rings is 2. The van der Waals surface area contributed by atoms with Gasteiger partial charge in [0.2, 0.25) is 15.9 Å². The van der Waals surface area contributed by atoms with E-state index < -0.39 is 22.0 Å². The van der Waals surface area contributed by atoms with Crippen LogP contribution in [0.25, 0.3) is 0 Å². The Labute approximate surface area is 156 Å². The van der Waals surface area contributed by atoms with Crippen molar-refractivity contribution in [3.8, 4) is 5.75 Å². The summed E-state index contributed by atoms with van der Waals surface area (Å²) >= 11 is 0. The van der Waals surface area contributed by atoms with Crippen molar-refractivity contribution in [2.75, 3.05) is 33.9 Å². The second-order valence-electron chi connectivity index (χ2n) is 6.36. The molecule has 140 valence electrons. The van der Waals surface area contributed by atoms with E-state index in [-0.39, 0.29) is 19.0 Å². The Morgan fingerprint density at radius 2 is 1.78 bits per heavy atom. The Morgan fingerprint density at radius 3 is 2.52 bits per heavy atom. The Balaban J connectivity index is 1.70. The molecule has 0 aromatic heterocycles. The summed E-state index contributed by atoms with van der Waals surface area (Å²) in [4.78, 5) is 26.5. The summed E-state index contributed by atoms with van der Waals surface area (Å²) in [5.74, 6) is -0.485. The SMILES string of the molecule is CS(=O)(=O)N1CC(C(=O)N2CC(=O)Nc3ccccc32)Oc2ccccc21. The molecule has 2 aliphatic heterocycles. The van der Waals surface area contributed by atoms with E-state index in [2.05, 4.69) is 5.32 Å². The summed E-state index contributed by atoms with van der Waals surface area (Å²) in [6, 6.07) is 13.6. The van der Waals surface area contributed by atoms with Gasteiger partial charge in [-0.15, -0.1) is 0 Å². The van der Waals surface area contributed by atoms with E-state index in [1.807, 2.05) is 0 Å². The number of ether oxygens (including phenoxy) is 1. The highest BCUT2D eigenvalue weighted by Gasteiger charge is 2.39. The standard InChI is InChI=1S/C18H17N3O5S/c1-27(24,25)21-10-16(26-15-9-5-4-8-14(15)21)18(23)20-11-17(22)19-12-6-2-3-7-13(12)20/h2-9,16H,10-11H2,1H3,(H,19,22). The third-order valence-electron chi connectivity index (χ3n) is 4.45. The predicted molar refractivity (Wildman–Crippen MR) is 100 cm³/mol. The molecule has 2 aromatic carbocycles. The summed E-state index contributed by atoms with van der Waals surface area (Å²) in [6.07, 6.45) is 0.0221. The van der Waals surface area contributed by atoms with Crippen molar-refractivity contribution in [1.29, 1.82) is 0 Å². The summed E-state index contributed by atoms with van der Waals surface area (Å²) in [5.41, 5.74) is 1.47. The van der Waals surface area contributed by atoms with E-state index >= 15 is 0 Å². The molecule has 1 unspecified atom stereocenters. The van der Waals surface area contributed by atoms with Crippen molar-refractivity contribution in [3.63, 3.8) is 0 Å². The number of nitrogens with zero attached hydrogens (tertiary/aromatic N) is 2. The molecule has 1 atom stereocenters. The maximum absolute atomic E-state index is 13.1. The van der Waals surface area contributed by atoms with Crippen LogP contribution in [0.5, 0.6) is 5.75 Å². The number of anilines is 3. The molecule has 2 aliphatic rings. The highest BCUT2D eigenvalue weighted by molar-refractivity contribution is 7.92. The molecule has 0 radical (unpaired) electrons. The van der Waals surface area contributed by atoms with Gasteiger partial charge in [0.05, 0.1) is 29.9 Å². The van der Waals surface area contributed by atoms with E-state index in [1.165, 1.54) is 4.90 Å². The number of rotatable bonds is 2. The summed E-state index contributed by atoms with van der Waals surface area (Å²) in [6.45, 7) is -0.314. The van der Waals surface area contributed by atoms with E-state index in [4.69, 9.17) is 4.74 Å². The van der Waals surface area contributed by atoms with Gasteiger partial charge in [0.15, 0.2) is 6.10 Å². The van der Waals surface area contributed by atoms with Crippen molar-refractivity contribution in [2.24, 2.45) is 0 Å². The smallest absolute Gasteiger partial charge is 0.270 e. The lowest BCUT2D eigenvalue weighted by molar-refractivity contribution is -0.127. The van der Waals surface area contributed by atoms with Crippen molar-refractivity contribution in [3.05, 3.63) is 48.5 Å². The van der Waals surface area contributed by atoms with Gasteiger partial charge in [-0.25, -0.2) is 8.42 Å². The number of hydrogen-bond acceptors (Lipinski definition) is 5.